The average Bonchev–Trinajstić information content (AvgIpc) is 2.49. The molecule has 0 saturated carbocycles. The Morgan fingerprint density at radius 1 is 1.00 bits per heavy atom. The van der Waals surface area contributed by atoms with Crippen LogP contribution < -0.4 is 0 Å². The minimum Gasteiger partial charge on any atom is -0.154 e. The first-order valence-corrected chi connectivity index (χ1v) is 5.96. The number of thioether (sulfide) groups is 3. The summed E-state index contributed by atoms with van der Waals surface area (Å²) in [4.78, 5) is 0. The van der Waals surface area contributed by atoms with Crippen LogP contribution in [0.25, 0.3) is 0 Å². The van der Waals surface area contributed by atoms with Crippen molar-refractivity contribution in [3.63, 3.8) is 0 Å². The first-order valence-electron chi connectivity index (χ1n) is 2.81. The van der Waals surface area contributed by atoms with Crippen molar-refractivity contribution in [2.45, 2.75) is 9.83 Å². The molecule has 46 valence electrons. The minimum absolute atomic E-state index is 0.972. The predicted octanol–water partition coefficient (Wildman–Crippen LogP) is 1.91. The van der Waals surface area contributed by atoms with E-state index in [-0.39, 0.29) is 0 Å². The molecule has 0 aromatic heterocycles. The minimum atomic E-state index is 0.972. The van der Waals surface area contributed by atoms with Crippen LogP contribution in [0, 0.1) is 0 Å². The molecule has 0 aromatic rings. The summed E-state index contributed by atoms with van der Waals surface area (Å²) in [5.41, 5.74) is 0. The summed E-state index contributed by atoms with van der Waals surface area (Å²) in [7, 11) is 0. The van der Waals surface area contributed by atoms with Gasteiger partial charge in [-0.05, 0) is 0 Å². The quantitative estimate of drug-likeness (QED) is 0.543. The Bertz CT molecular complexity index is 83.7. The first kappa shape index (κ1) is 5.81. The van der Waals surface area contributed by atoms with Gasteiger partial charge in [0.1, 0.15) is 0 Å². The molecule has 2 saturated heterocycles. The summed E-state index contributed by atoms with van der Waals surface area (Å²) in [5, 5.41) is 1.03. The molecule has 2 heterocycles. The van der Waals surface area contributed by atoms with Crippen LogP contribution in [0.3, 0.4) is 0 Å². The lowest BCUT2D eigenvalue weighted by molar-refractivity contribution is 1.21. The SMILES string of the molecule is C1CSC(C2CS2)S1. The van der Waals surface area contributed by atoms with E-state index < -0.39 is 0 Å². The number of hydrogen-bond donors (Lipinski definition) is 0. The van der Waals surface area contributed by atoms with E-state index in [4.69, 9.17) is 0 Å². The molecule has 2 rings (SSSR count). The Morgan fingerprint density at radius 2 is 1.62 bits per heavy atom. The molecule has 8 heavy (non-hydrogen) atoms. The molecule has 0 aromatic carbocycles. The van der Waals surface area contributed by atoms with Crippen molar-refractivity contribution in [2.75, 3.05) is 17.3 Å². The van der Waals surface area contributed by atoms with E-state index in [0.29, 0.717) is 0 Å². The molecule has 1 atom stereocenters. The van der Waals surface area contributed by atoms with E-state index in [1.165, 1.54) is 17.3 Å². The second-order valence-corrected chi connectivity index (χ2v) is 6.05. The topological polar surface area (TPSA) is 0 Å². The van der Waals surface area contributed by atoms with E-state index in [9.17, 15) is 0 Å². The van der Waals surface area contributed by atoms with E-state index >= 15 is 0 Å². The van der Waals surface area contributed by atoms with Crippen molar-refractivity contribution >= 4 is 35.3 Å². The van der Waals surface area contributed by atoms with Gasteiger partial charge in [-0.3, -0.25) is 0 Å². The van der Waals surface area contributed by atoms with Crippen LogP contribution in [0.1, 0.15) is 0 Å². The van der Waals surface area contributed by atoms with Crippen LogP contribution in [0.5, 0.6) is 0 Å². The summed E-state index contributed by atoms with van der Waals surface area (Å²) in [6, 6.07) is 0. The Hall–Kier alpha value is 1.05. The molecule has 0 amide bonds. The fraction of sp³-hybridized carbons (Fsp3) is 1.00. The molecule has 0 nitrogen and oxygen atoms in total. The van der Waals surface area contributed by atoms with E-state index in [1.807, 2.05) is 0 Å². The van der Waals surface area contributed by atoms with E-state index in [2.05, 4.69) is 35.3 Å². The lowest BCUT2D eigenvalue weighted by atomic mass is 10.6. The first-order chi connectivity index (χ1) is 3.97. The highest BCUT2D eigenvalue weighted by Crippen LogP contribution is 2.47. The highest BCUT2D eigenvalue weighted by atomic mass is 32.2. The van der Waals surface area contributed by atoms with E-state index in [0.717, 1.165) is 9.83 Å². The van der Waals surface area contributed by atoms with Crippen LogP contribution in [-0.2, 0) is 0 Å². The van der Waals surface area contributed by atoms with Gasteiger partial charge in [0.15, 0.2) is 0 Å². The summed E-state index contributed by atoms with van der Waals surface area (Å²) < 4.78 is 0.972. The molecule has 2 fully saturated rings. The highest BCUT2D eigenvalue weighted by molar-refractivity contribution is 8.22. The van der Waals surface area contributed by atoms with Gasteiger partial charge in [-0.25, -0.2) is 0 Å². The zero-order valence-corrected chi connectivity index (χ0v) is 6.95. The van der Waals surface area contributed by atoms with Gasteiger partial charge in [0.25, 0.3) is 0 Å². The molecule has 1 unspecified atom stereocenters. The van der Waals surface area contributed by atoms with Gasteiger partial charge in [0.2, 0.25) is 0 Å². The van der Waals surface area contributed by atoms with E-state index in [1.54, 1.807) is 0 Å². The number of rotatable bonds is 1. The van der Waals surface area contributed by atoms with Crippen LogP contribution >= 0.6 is 35.3 Å². The molecule has 0 spiro atoms. The largest absolute Gasteiger partial charge is 0.154 e. The standard InChI is InChI=1S/C5H8S3/c1-2-7-5(6-1)4-3-8-4/h4-5H,1-3H2. The second-order valence-electron chi connectivity index (χ2n) is 1.98. The van der Waals surface area contributed by atoms with Gasteiger partial charge in [-0.2, -0.15) is 11.8 Å². The predicted molar refractivity (Wildman–Crippen MR) is 45.0 cm³/mol. The molecule has 0 N–H and O–H groups in total. The lowest BCUT2D eigenvalue weighted by Crippen LogP contribution is -1.98. The smallest absolute Gasteiger partial charge is 0.0629 e. The monoisotopic (exact) mass is 164 g/mol. The number of hydrogen-bond acceptors (Lipinski definition) is 3. The highest BCUT2D eigenvalue weighted by Gasteiger charge is 2.34. The van der Waals surface area contributed by atoms with Crippen molar-refractivity contribution in [2.24, 2.45) is 0 Å². The van der Waals surface area contributed by atoms with Crippen molar-refractivity contribution < 1.29 is 0 Å². The van der Waals surface area contributed by atoms with Crippen molar-refractivity contribution in [3.05, 3.63) is 0 Å². The molecule has 3 heteroatoms. The molecule has 2 aliphatic heterocycles. The molecule has 0 aliphatic carbocycles. The fourth-order valence-corrected chi connectivity index (χ4v) is 5.27. The maximum absolute atomic E-state index is 2.16. The van der Waals surface area contributed by atoms with Gasteiger partial charge in [-0.15, -0.1) is 23.5 Å². The maximum Gasteiger partial charge on any atom is 0.0629 e. The summed E-state index contributed by atoms with van der Waals surface area (Å²) in [6.07, 6.45) is 0. The second kappa shape index (κ2) is 2.35. The van der Waals surface area contributed by atoms with Gasteiger partial charge in [0.05, 0.1) is 4.58 Å². The molecule has 0 radical (unpaired) electrons. The van der Waals surface area contributed by atoms with Crippen molar-refractivity contribution in [1.82, 2.24) is 0 Å². The molecular weight excluding hydrogens is 156 g/mol. The normalized spacial score (nSPS) is 38.2. The van der Waals surface area contributed by atoms with Gasteiger partial charge < -0.3 is 0 Å². The van der Waals surface area contributed by atoms with Crippen LogP contribution in [-0.4, -0.2) is 27.1 Å². The zero-order valence-electron chi connectivity index (χ0n) is 4.50. The molecule has 0 bridgehead atoms. The average molecular weight is 164 g/mol. The fourth-order valence-electron chi connectivity index (χ4n) is 0.804. The zero-order chi connectivity index (χ0) is 5.40. The maximum atomic E-state index is 2.16. The van der Waals surface area contributed by atoms with Gasteiger partial charge in [-0.1, -0.05) is 0 Å². The van der Waals surface area contributed by atoms with Gasteiger partial charge in [0, 0.05) is 22.5 Å². The third-order valence-corrected chi connectivity index (χ3v) is 5.91. The van der Waals surface area contributed by atoms with Gasteiger partial charge >= 0.3 is 0 Å². The van der Waals surface area contributed by atoms with Crippen LogP contribution in [0.4, 0.5) is 0 Å². The Kier molecular flexibility index (Phi) is 1.71. The van der Waals surface area contributed by atoms with Crippen molar-refractivity contribution in [1.29, 1.82) is 0 Å². The van der Waals surface area contributed by atoms with Crippen LogP contribution in [0.2, 0.25) is 0 Å². The third kappa shape index (κ3) is 1.14. The molecule has 2 aliphatic rings. The summed E-state index contributed by atoms with van der Waals surface area (Å²) in [6.45, 7) is 0. The summed E-state index contributed by atoms with van der Waals surface area (Å²) >= 11 is 6.43. The Morgan fingerprint density at radius 3 is 2.12 bits per heavy atom. The molecular formula is C5H8S3. The Balaban J connectivity index is 1.86. The third-order valence-electron chi connectivity index (χ3n) is 1.31. The Labute approximate surface area is 62.6 Å². The summed E-state index contributed by atoms with van der Waals surface area (Å²) in [5.74, 6) is 4.23. The van der Waals surface area contributed by atoms with Crippen LogP contribution in [0.15, 0.2) is 0 Å². The lowest BCUT2D eigenvalue weighted by Gasteiger charge is -2.00. The van der Waals surface area contributed by atoms with Crippen molar-refractivity contribution in [3.8, 4) is 0 Å².